The summed E-state index contributed by atoms with van der Waals surface area (Å²) in [6.07, 6.45) is 6.31. The smallest absolute Gasteiger partial charge is 0.221 e. The van der Waals surface area contributed by atoms with E-state index in [0.717, 1.165) is 24.9 Å². The zero-order valence-electron chi connectivity index (χ0n) is 10.1. The minimum absolute atomic E-state index is 0.151. The molecule has 1 unspecified atom stereocenters. The van der Waals surface area contributed by atoms with Gasteiger partial charge in [0.05, 0.1) is 0 Å². The number of rotatable bonds is 3. The van der Waals surface area contributed by atoms with Crippen LogP contribution in [0.1, 0.15) is 37.8 Å². The highest BCUT2D eigenvalue weighted by atomic mass is 16.1. The lowest BCUT2D eigenvalue weighted by molar-refractivity contribution is -0.121. The van der Waals surface area contributed by atoms with Crippen molar-refractivity contribution in [2.45, 2.75) is 38.3 Å². The van der Waals surface area contributed by atoms with Crippen molar-refractivity contribution in [1.29, 1.82) is 0 Å². The lowest BCUT2D eigenvalue weighted by Gasteiger charge is -2.21. The number of carbonyl (C=O) groups excluding carboxylic acids is 1. The van der Waals surface area contributed by atoms with E-state index in [4.69, 9.17) is 0 Å². The number of nitrogens with zero attached hydrogens (tertiary/aromatic N) is 1. The molecule has 1 saturated heterocycles. The van der Waals surface area contributed by atoms with Crippen molar-refractivity contribution in [3.8, 4) is 0 Å². The van der Waals surface area contributed by atoms with Crippen molar-refractivity contribution in [3.63, 3.8) is 0 Å². The van der Waals surface area contributed by atoms with Gasteiger partial charge in [0.25, 0.3) is 0 Å². The van der Waals surface area contributed by atoms with Crippen LogP contribution in [0.4, 0.5) is 0 Å². The summed E-state index contributed by atoms with van der Waals surface area (Å²) >= 11 is 0. The van der Waals surface area contributed by atoms with Crippen LogP contribution in [0.25, 0.3) is 0 Å². The molecule has 0 saturated carbocycles. The summed E-state index contributed by atoms with van der Waals surface area (Å²) in [7, 11) is 0. The number of amides is 1. The second kappa shape index (κ2) is 5.77. The monoisotopic (exact) mass is 233 g/mol. The van der Waals surface area contributed by atoms with Gasteiger partial charge in [0.1, 0.15) is 0 Å². The standard InChI is InChI=1S/C13H19N3O/c1-10(11-4-2-6-14-9-11)16-12-5-3-7-15-13(17)8-12/h2,4,6,9-10,12,16H,3,5,7-8H2,1H3,(H,15,17)/t10-,12?/m1/s1. The van der Waals surface area contributed by atoms with E-state index in [2.05, 4.69) is 28.6 Å². The number of nitrogens with one attached hydrogen (secondary N) is 2. The topological polar surface area (TPSA) is 54.0 Å². The summed E-state index contributed by atoms with van der Waals surface area (Å²) in [5.74, 6) is 0.151. The first-order valence-corrected chi connectivity index (χ1v) is 6.18. The molecule has 1 fully saturated rings. The summed E-state index contributed by atoms with van der Waals surface area (Å²) in [5.41, 5.74) is 1.16. The molecule has 0 aliphatic carbocycles. The van der Waals surface area contributed by atoms with E-state index in [1.165, 1.54) is 0 Å². The quantitative estimate of drug-likeness (QED) is 0.829. The Labute approximate surface area is 102 Å². The maximum absolute atomic E-state index is 11.4. The van der Waals surface area contributed by atoms with Crippen LogP contribution in [0.3, 0.4) is 0 Å². The average molecular weight is 233 g/mol. The van der Waals surface area contributed by atoms with E-state index in [0.29, 0.717) is 6.42 Å². The molecule has 2 heterocycles. The highest BCUT2D eigenvalue weighted by Gasteiger charge is 2.19. The van der Waals surface area contributed by atoms with Gasteiger partial charge in [-0.15, -0.1) is 0 Å². The van der Waals surface area contributed by atoms with Crippen molar-refractivity contribution in [2.75, 3.05) is 6.54 Å². The summed E-state index contributed by atoms with van der Waals surface area (Å²) in [4.78, 5) is 15.6. The molecule has 92 valence electrons. The molecule has 0 radical (unpaired) electrons. The largest absolute Gasteiger partial charge is 0.356 e. The molecule has 4 nitrogen and oxygen atoms in total. The van der Waals surface area contributed by atoms with Crippen LogP contribution in [-0.4, -0.2) is 23.5 Å². The van der Waals surface area contributed by atoms with Gasteiger partial charge in [-0.25, -0.2) is 0 Å². The van der Waals surface area contributed by atoms with Crippen molar-refractivity contribution in [1.82, 2.24) is 15.6 Å². The Balaban J connectivity index is 1.93. The van der Waals surface area contributed by atoms with E-state index in [1.807, 2.05) is 12.3 Å². The molecule has 1 aromatic heterocycles. The lowest BCUT2D eigenvalue weighted by atomic mass is 10.1. The molecular formula is C13H19N3O. The maximum Gasteiger partial charge on any atom is 0.221 e. The van der Waals surface area contributed by atoms with Gasteiger partial charge in [-0.05, 0) is 31.4 Å². The zero-order chi connectivity index (χ0) is 12.1. The predicted molar refractivity (Wildman–Crippen MR) is 66.4 cm³/mol. The maximum atomic E-state index is 11.4. The second-order valence-electron chi connectivity index (χ2n) is 4.57. The molecule has 2 N–H and O–H groups in total. The first-order valence-electron chi connectivity index (χ1n) is 6.18. The summed E-state index contributed by atoms with van der Waals surface area (Å²) in [6, 6.07) is 4.50. The molecule has 2 atom stereocenters. The Morgan fingerprint density at radius 1 is 1.59 bits per heavy atom. The Bertz CT molecular complexity index is 366. The summed E-state index contributed by atoms with van der Waals surface area (Å²) in [5, 5.41) is 6.40. The van der Waals surface area contributed by atoms with Gasteiger partial charge in [-0.2, -0.15) is 0 Å². The molecular weight excluding hydrogens is 214 g/mol. The summed E-state index contributed by atoms with van der Waals surface area (Å²) < 4.78 is 0. The van der Waals surface area contributed by atoms with Crippen LogP contribution in [0.2, 0.25) is 0 Å². The highest BCUT2D eigenvalue weighted by molar-refractivity contribution is 5.76. The first kappa shape index (κ1) is 12.0. The third-order valence-electron chi connectivity index (χ3n) is 3.15. The zero-order valence-corrected chi connectivity index (χ0v) is 10.1. The fourth-order valence-corrected chi connectivity index (χ4v) is 2.20. The van der Waals surface area contributed by atoms with E-state index in [9.17, 15) is 4.79 Å². The van der Waals surface area contributed by atoms with Crippen molar-refractivity contribution >= 4 is 5.91 Å². The number of carbonyl (C=O) groups is 1. The molecule has 1 aliphatic rings. The van der Waals surface area contributed by atoms with Gasteiger partial charge in [0, 0.05) is 37.4 Å². The third-order valence-corrected chi connectivity index (χ3v) is 3.15. The summed E-state index contributed by atoms with van der Waals surface area (Å²) in [6.45, 7) is 2.91. The molecule has 1 aromatic rings. The molecule has 17 heavy (non-hydrogen) atoms. The van der Waals surface area contributed by atoms with Gasteiger partial charge >= 0.3 is 0 Å². The molecule has 1 amide bonds. The van der Waals surface area contributed by atoms with E-state index >= 15 is 0 Å². The minimum Gasteiger partial charge on any atom is -0.356 e. The number of pyridine rings is 1. The molecule has 0 aromatic carbocycles. The van der Waals surface area contributed by atoms with Crippen LogP contribution in [0.15, 0.2) is 24.5 Å². The Morgan fingerprint density at radius 3 is 3.24 bits per heavy atom. The molecule has 0 spiro atoms. The van der Waals surface area contributed by atoms with Gasteiger partial charge in [-0.1, -0.05) is 6.07 Å². The Hall–Kier alpha value is -1.42. The Morgan fingerprint density at radius 2 is 2.47 bits per heavy atom. The third kappa shape index (κ3) is 3.53. The van der Waals surface area contributed by atoms with Crippen molar-refractivity contribution in [3.05, 3.63) is 30.1 Å². The predicted octanol–water partition coefficient (Wildman–Crippen LogP) is 1.40. The van der Waals surface area contributed by atoms with Crippen LogP contribution in [0, 0.1) is 0 Å². The van der Waals surface area contributed by atoms with Crippen LogP contribution < -0.4 is 10.6 Å². The number of aromatic nitrogens is 1. The van der Waals surface area contributed by atoms with Crippen LogP contribution in [-0.2, 0) is 4.79 Å². The second-order valence-corrected chi connectivity index (χ2v) is 4.57. The van der Waals surface area contributed by atoms with Crippen LogP contribution in [0.5, 0.6) is 0 Å². The number of hydrogen-bond acceptors (Lipinski definition) is 3. The highest BCUT2D eigenvalue weighted by Crippen LogP contribution is 2.15. The van der Waals surface area contributed by atoms with Crippen LogP contribution >= 0.6 is 0 Å². The van der Waals surface area contributed by atoms with Gasteiger partial charge in [0.2, 0.25) is 5.91 Å². The average Bonchev–Trinajstić information content (AvgIpc) is 2.55. The molecule has 0 bridgehead atoms. The van der Waals surface area contributed by atoms with E-state index in [1.54, 1.807) is 6.20 Å². The SMILES string of the molecule is C[C@@H](NC1CCCNC(=O)C1)c1cccnc1. The number of hydrogen-bond donors (Lipinski definition) is 2. The van der Waals surface area contributed by atoms with Gasteiger partial charge in [-0.3, -0.25) is 9.78 Å². The first-order chi connectivity index (χ1) is 8.25. The normalized spacial score (nSPS) is 22.6. The fraction of sp³-hybridized carbons (Fsp3) is 0.538. The van der Waals surface area contributed by atoms with E-state index in [-0.39, 0.29) is 18.0 Å². The Kier molecular flexibility index (Phi) is 4.09. The van der Waals surface area contributed by atoms with Gasteiger partial charge in [0.15, 0.2) is 0 Å². The lowest BCUT2D eigenvalue weighted by Crippen LogP contribution is -2.34. The fourth-order valence-electron chi connectivity index (χ4n) is 2.20. The van der Waals surface area contributed by atoms with E-state index < -0.39 is 0 Å². The molecule has 1 aliphatic heterocycles. The molecule has 2 rings (SSSR count). The van der Waals surface area contributed by atoms with Crippen molar-refractivity contribution < 1.29 is 4.79 Å². The van der Waals surface area contributed by atoms with Gasteiger partial charge < -0.3 is 10.6 Å². The van der Waals surface area contributed by atoms with Crippen molar-refractivity contribution in [2.24, 2.45) is 0 Å². The molecule has 4 heteroatoms. The minimum atomic E-state index is 0.151.